The Morgan fingerprint density at radius 1 is 1.36 bits per heavy atom. The highest BCUT2D eigenvalue weighted by Gasteiger charge is 2.49. The molecule has 1 saturated heterocycles. The lowest BCUT2D eigenvalue weighted by Crippen LogP contribution is -2.31. The molecule has 1 fully saturated rings. The van der Waals surface area contributed by atoms with Gasteiger partial charge in [-0.1, -0.05) is 35.0 Å². The van der Waals surface area contributed by atoms with E-state index in [4.69, 9.17) is 5.73 Å². The van der Waals surface area contributed by atoms with Crippen LogP contribution in [-0.4, -0.2) is 40.2 Å². The molecule has 1 unspecified atom stereocenters. The van der Waals surface area contributed by atoms with Gasteiger partial charge in [-0.15, -0.1) is 0 Å². The van der Waals surface area contributed by atoms with Crippen LogP contribution in [0.1, 0.15) is 13.0 Å². The highest BCUT2D eigenvalue weighted by Crippen LogP contribution is 2.38. The summed E-state index contributed by atoms with van der Waals surface area (Å²) in [6.45, 7) is 2.47. The van der Waals surface area contributed by atoms with Gasteiger partial charge in [0.1, 0.15) is 11.9 Å². The summed E-state index contributed by atoms with van der Waals surface area (Å²) >= 11 is 3.37. The molecule has 1 aliphatic heterocycles. The van der Waals surface area contributed by atoms with E-state index in [1.807, 2.05) is 31.2 Å². The molecule has 22 heavy (non-hydrogen) atoms. The lowest BCUT2D eigenvalue weighted by molar-refractivity contribution is -0.0241. The molecule has 118 valence electrons. The Kier molecular flexibility index (Phi) is 3.94. The van der Waals surface area contributed by atoms with Gasteiger partial charge < -0.3 is 5.73 Å². The van der Waals surface area contributed by atoms with E-state index in [9.17, 15) is 8.78 Å². The van der Waals surface area contributed by atoms with Gasteiger partial charge in [-0.3, -0.25) is 4.90 Å². The summed E-state index contributed by atoms with van der Waals surface area (Å²) < 4.78 is 30.6. The van der Waals surface area contributed by atoms with E-state index in [0.29, 0.717) is 12.2 Å². The molecule has 0 bridgehead atoms. The number of rotatable bonds is 3. The first kappa shape index (κ1) is 15.4. The van der Waals surface area contributed by atoms with Crippen molar-refractivity contribution in [2.75, 3.05) is 25.4 Å². The van der Waals surface area contributed by atoms with E-state index in [2.05, 4.69) is 21.0 Å². The van der Waals surface area contributed by atoms with Gasteiger partial charge >= 0.3 is 0 Å². The fourth-order valence-electron chi connectivity index (χ4n) is 2.76. The molecule has 0 spiro atoms. The molecule has 0 amide bonds. The second kappa shape index (κ2) is 5.62. The molecule has 4 nitrogen and oxygen atoms in total. The number of nitrogen functional groups attached to an aromatic ring is 1. The Bertz CT molecular complexity index is 669. The summed E-state index contributed by atoms with van der Waals surface area (Å²) in [6, 6.07) is 8.15. The minimum absolute atomic E-state index is 0.249. The number of hydrogen-bond acceptors (Lipinski definition) is 3. The van der Waals surface area contributed by atoms with Crippen LogP contribution in [0.15, 0.2) is 34.8 Å². The highest BCUT2D eigenvalue weighted by atomic mass is 79.9. The predicted octanol–water partition coefficient (Wildman–Crippen LogP) is 3.41. The zero-order valence-corrected chi connectivity index (χ0v) is 13.7. The summed E-state index contributed by atoms with van der Waals surface area (Å²) in [5.74, 6) is -2.56. The van der Waals surface area contributed by atoms with Crippen LogP contribution >= 0.6 is 15.9 Å². The molecule has 0 saturated carbocycles. The largest absolute Gasteiger partial charge is 0.384 e. The van der Waals surface area contributed by atoms with E-state index in [-0.39, 0.29) is 18.9 Å². The van der Waals surface area contributed by atoms with Gasteiger partial charge in [0.2, 0.25) is 0 Å². The number of nitrogens with zero attached hydrogens (tertiary/aromatic N) is 3. The van der Waals surface area contributed by atoms with Gasteiger partial charge in [-0.25, -0.2) is 13.5 Å². The van der Waals surface area contributed by atoms with Crippen molar-refractivity contribution in [2.45, 2.75) is 18.9 Å². The fourth-order valence-corrected chi connectivity index (χ4v) is 3.03. The third-order valence-electron chi connectivity index (χ3n) is 4.00. The second-order valence-corrected chi connectivity index (χ2v) is 6.43. The molecule has 1 aromatic heterocycles. The molecular formula is C15H17BrF2N4. The normalized spacial score (nSPS) is 21.4. The van der Waals surface area contributed by atoms with Crippen molar-refractivity contribution in [1.29, 1.82) is 0 Å². The van der Waals surface area contributed by atoms with Gasteiger partial charge in [-0.05, 0) is 18.7 Å². The minimum Gasteiger partial charge on any atom is -0.384 e. The van der Waals surface area contributed by atoms with Crippen molar-refractivity contribution in [1.82, 2.24) is 14.7 Å². The Morgan fingerprint density at radius 2 is 2.05 bits per heavy atom. The average molecular weight is 371 g/mol. The molecule has 3 rings (SSSR count). The molecule has 2 aromatic rings. The number of halogens is 3. The van der Waals surface area contributed by atoms with Crippen LogP contribution in [0.4, 0.5) is 14.6 Å². The van der Waals surface area contributed by atoms with Crippen molar-refractivity contribution < 1.29 is 8.78 Å². The van der Waals surface area contributed by atoms with Crippen LogP contribution < -0.4 is 5.73 Å². The Labute approximate surface area is 136 Å². The predicted molar refractivity (Wildman–Crippen MR) is 85.9 cm³/mol. The lowest BCUT2D eigenvalue weighted by Gasteiger charge is -2.19. The Hall–Kier alpha value is -1.47. The number of likely N-dealkylation sites (N-methyl/N-ethyl adjacent to an activating group) is 1. The van der Waals surface area contributed by atoms with E-state index >= 15 is 0 Å². The maximum Gasteiger partial charge on any atom is 0.283 e. The highest BCUT2D eigenvalue weighted by molar-refractivity contribution is 9.10. The molecule has 0 radical (unpaired) electrons. The zero-order valence-electron chi connectivity index (χ0n) is 12.1. The quantitative estimate of drug-likeness (QED) is 0.900. The smallest absolute Gasteiger partial charge is 0.283 e. The first-order valence-electron chi connectivity index (χ1n) is 7.12. The van der Waals surface area contributed by atoms with Gasteiger partial charge in [0.05, 0.1) is 12.2 Å². The Morgan fingerprint density at radius 3 is 2.64 bits per heavy atom. The molecular weight excluding hydrogens is 354 g/mol. The number of nitrogens with two attached hydrogens (primary N) is 1. The molecule has 1 aliphatic rings. The van der Waals surface area contributed by atoms with Crippen LogP contribution in [0.3, 0.4) is 0 Å². The lowest BCUT2D eigenvalue weighted by atomic mass is 10.2. The van der Waals surface area contributed by atoms with Gasteiger partial charge in [-0.2, -0.15) is 5.10 Å². The standard InChI is InChI=1S/C15H17BrF2N4/c1-2-21-8-13(15(17,18)9-21)22-14(19)7-12(20-22)10-3-5-11(16)6-4-10/h3-7,13H,2,8-9,19H2,1H3. The van der Waals surface area contributed by atoms with Crippen molar-refractivity contribution in [2.24, 2.45) is 0 Å². The van der Waals surface area contributed by atoms with E-state index < -0.39 is 12.0 Å². The van der Waals surface area contributed by atoms with E-state index in [1.54, 1.807) is 11.0 Å². The topological polar surface area (TPSA) is 47.1 Å². The van der Waals surface area contributed by atoms with Crippen LogP contribution in [0.2, 0.25) is 0 Å². The van der Waals surface area contributed by atoms with Crippen molar-refractivity contribution >= 4 is 21.7 Å². The third-order valence-corrected chi connectivity index (χ3v) is 4.53. The van der Waals surface area contributed by atoms with Crippen molar-refractivity contribution in [3.63, 3.8) is 0 Å². The summed E-state index contributed by atoms with van der Waals surface area (Å²) in [6.07, 6.45) is 0. The molecule has 1 atom stereocenters. The number of hydrogen-bond donors (Lipinski definition) is 1. The summed E-state index contributed by atoms with van der Waals surface area (Å²) in [5.41, 5.74) is 7.39. The molecule has 7 heteroatoms. The number of benzene rings is 1. The monoisotopic (exact) mass is 370 g/mol. The first-order chi connectivity index (χ1) is 10.4. The van der Waals surface area contributed by atoms with E-state index in [0.717, 1.165) is 10.0 Å². The number of aromatic nitrogens is 2. The van der Waals surface area contributed by atoms with Crippen molar-refractivity contribution in [3.05, 3.63) is 34.8 Å². The summed E-state index contributed by atoms with van der Waals surface area (Å²) in [7, 11) is 0. The first-order valence-corrected chi connectivity index (χ1v) is 7.91. The molecule has 2 N–H and O–H groups in total. The minimum atomic E-state index is -2.83. The number of anilines is 1. The van der Waals surface area contributed by atoms with Gasteiger partial charge in [0.15, 0.2) is 0 Å². The average Bonchev–Trinajstić information content (AvgIpc) is 2.99. The van der Waals surface area contributed by atoms with Gasteiger partial charge in [0, 0.05) is 22.6 Å². The summed E-state index contributed by atoms with van der Waals surface area (Å²) in [5, 5.41) is 4.33. The van der Waals surface area contributed by atoms with E-state index in [1.165, 1.54) is 4.68 Å². The van der Waals surface area contributed by atoms with Crippen LogP contribution in [-0.2, 0) is 0 Å². The van der Waals surface area contributed by atoms with Crippen LogP contribution in [0.25, 0.3) is 11.3 Å². The summed E-state index contributed by atoms with van der Waals surface area (Å²) in [4.78, 5) is 1.71. The Balaban J connectivity index is 1.94. The SMILES string of the molecule is CCN1CC(n2nc(-c3ccc(Br)cc3)cc2N)C(F)(F)C1. The van der Waals surface area contributed by atoms with Crippen LogP contribution in [0.5, 0.6) is 0 Å². The number of alkyl halides is 2. The van der Waals surface area contributed by atoms with Crippen molar-refractivity contribution in [3.8, 4) is 11.3 Å². The fraction of sp³-hybridized carbons (Fsp3) is 0.400. The molecule has 1 aromatic carbocycles. The third kappa shape index (κ3) is 2.75. The van der Waals surface area contributed by atoms with Crippen LogP contribution in [0, 0.1) is 0 Å². The van der Waals surface area contributed by atoms with Gasteiger partial charge in [0.25, 0.3) is 5.92 Å². The maximum atomic E-state index is 14.2. The number of likely N-dealkylation sites (tertiary alicyclic amines) is 1. The molecule has 2 heterocycles. The maximum absolute atomic E-state index is 14.2. The zero-order chi connectivity index (χ0) is 15.9. The second-order valence-electron chi connectivity index (χ2n) is 5.51. The molecule has 0 aliphatic carbocycles.